The summed E-state index contributed by atoms with van der Waals surface area (Å²) in [6.45, 7) is -0.335. The molecule has 2 saturated carbocycles. The van der Waals surface area contributed by atoms with Crippen LogP contribution in [0.5, 0.6) is 0 Å². The van der Waals surface area contributed by atoms with Crippen molar-refractivity contribution in [2.75, 3.05) is 6.67 Å². The Bertz CT molecular complexity index is 674. The Hall–Kier alpha value is -1.69. The van der Waals surface area contributed by atoms with Gasteiger partial charge in [0.05, 0.1) is 5.56 Å². The summed E-state index contributed by atoms with van der Waals surface area (Å²) in [6, 6.07) is 6.92. The molecule has 0 unspecified atom stereocenters. The van der Waals surface area contributed by atoms with Crippen LogP contribution >= 0.6 is 0 Å². The summed E-state index contributed by atoms with van der Waals surface area (Å²) >= 11 is 0. The number of nitrogens with zero attached hydrogens (tertiary/aromatic N) is 1. The molecule has 0 aliphatic heterocycles. The first-order valence-electron chi connectivity index (χ1n) is 11.1. The number of allylic oxidation sites excluding steroid dienone is 2. The van der Waals surface area contributed by atoms with Gasteiger partial charge < -0.3 is 0 Å². The Labute approximate surface area is 168 Å². The minimum atomic E-state index is -0.389. The van der Waals surface area contributed by atoms with Crippen LogP contribution in [0.2, 0.25) is 0 Å². The minimum absolute atomic E-state index is 0.136. The van der Waals surface area contributed by atoms with Crippen LogP contribution in [0, 0.1) is 40.8 Å². The van der Waals surface area contributed by atoms with E-state index in [0.29, 0.717) is 0 Å². The first kappa shape index (κ1) is 21.0. The predicted molar refractivity (Wildman–Crippen MR) is 110 cm³/mol. The highest BCUT2D eigenvalue weighted by Gasteiger charge is 2.30. The zero-order valence-electron chi connectivity index (χ0n) is 16.9. The lowest BCUT2D eigenvalue weighted by molar-refractivity contribution is 0.144. The average Bonchev–Trinajstić information content (AvgIpc) is 2.73. The van der Waals surface area contributed by atoms with E-state index < -0.39 is 0 Å². The number of alkyl halides is 1. The Balaban J connectivity index is 1.36. The molecule has 0 N–H and O–H groups in total. The summed E-state index contributed by atoms with van der Waals surface area (Å²) in [7, 11) is 0. The molecule has 2 fully saturated rings. The van der Waals surface area contributed by atoms with E-state index >= 15 is 0 Å². The van der Waals surface area contributed by atoms with E-state index in [0.717, 1.165) is 48.5 Å². The van der Waals surface area contributed by atoms with Gasteiger partial charge in [-0.25, -0.2) is 8.78 Å². The highest BCUT2D eigenvalue weighted by Crippen LogP contribution is 2.42. The van der Waals surface area contributed by atoms with Crippen molar-refractivity contribution in [3.05, 3.63) is 47.3 Å². The monoisotopic (exact) mass is 385 g/mol. The lowest BCUT2D eigenvalue weighted by atomic mass is 9.68. The highest BCUT2D eigenvalue weighted by atomic mass is 19.1. The molecule has 0 amide bonds. The molecule has 2 aliphatic carbocycles. The third-order valence-corrected chi connectivity index (χ3v) is 7.17. The van der Waals surface area contributed by atoms with Gasteiger partial charge >= 0.3 is 0 Å². The van der Waals surface area contributed by atoms with Crippen LogP contribution in [-0.4, -0.2) is 6.67 Å². The number of aryl methyl sites for hydroxylation is 1. The fourth-order valence-electron chi connectivity index (χ4n) is 5.37. The fraction of sp³-hybridized carbons (Fsp3) is 0.640. The summed E-state index contributed by atoms with van der Waals surface area (Å²) in [5.41, 5.74) is 1.15. The number of hydrogen-bond donors (Lipinski definition) is 0. The SMILES string of the molecule is N#Cc1ccc(CCC2CCC(C3CCC(C/C=C/CF)CC3)CC2)cc1F. The maximum Gasteiger partial charge on any atom is 0.141 e. The second-order valence-electron chi connectivity index (χ2n) is 8.89. The van der Waals surface area contributed by atoms with E-state index in [1.165, 1.54) is 57.4 Å². The Morgan fingerprint density at radius 1 is 0.929 bits per heavy atom. The van der Waals surface area contributed by atoms with Crippen molar-refractivity contribution in [3.8, 4) is 6.07 Å². The second-order valence-corrected chi connectivity index (χ2v) is 8.89. The second kappa shape index (κ2) is 10.7. The summed E-state index contributed by atoms with van der Waals surface area (Å²) < 4.78 is 25.9. The van der Waals surface area contributed by atoms with Gasteiger partial charge in [0, 0.05) is 0 Å². The van der Waals surface area contributed by atoms with Crippen molar-refractivity contribution in [3.63, 3.8) is 0 Å². The summed E-state index contributed by atoms with van der Waals surface area (Å²) in [4.78, 5) is 0. The van der Waals surface area contributed by atoms with E-state index in [1.54, 1.807) is 12.1 Å². The van der Waals surface area contributed by atoms with Gasteiger partial charge in [-0.2, -0.15) is 5.26 Å². The largest absolute Gasteiger partial charge is 0.247 e. The van der Waals surface area contributed by atoms with Gasteiger partial charge in [0.2, 0.25) is 0 Å². The number of rotatable bonds is 7. The van der Waals surface area contributed by atoms with E-state index in [1.807, 2.05) is 18.2 Å². The van der Waals surface area contributed by atoms with Crippen molar-refractivity contribution in [1.29, 1.82) is 5.26 Å². The molecule has 0 radical (unpaired) electrons. The molecule has 28 heavy (non-hydrogen) atoms. The van der Waals surface area contributed by atoms with Gasteiger partial charge in [0.25, 0.3) is 0 Å². The van der Waals surface area contributed by atoms with Crippen molar-refractivity contribution in [1.82, 2.24) is 0 Å². The molecular weight excluding hydrogens is 352 g/mol. The van der Waals surface area contributed by atoms with E-state index in [-0.39, 0.29) is 18.1 Å². The van der Waals surface area contributed by atoms with Crippen LogP contribution in [0.3, 0.4) is 0 Å². The third kappa shape index (κ3) is 5.90. The molecule has 1 aromatic rings. The topological polar surface area (TPSA) is 23.8 Å². The van der Waals surface area contributed by atoms with Gasteiger partial charge in [0.15, 0.2) is 0 Å². The number of benzene rings is 1. The molecule has 3 rings (SSSR count). The molecule has 0 spiro atoms. The van der Waals surface area contributed by atoms with Crippen molar-refractivity contribution in [2.24, 2.45) is 23.7 Å². The van der Waals surface area contributed by atoms with Crippen LogP contribution in [0.4, 0.5) is 8.78 Å². The number of halogens is 2. The summed E-state index contributed by atoms with van der Waals surface area (Å²) in [5, 5.41) is 8.83. The fourth-order valence-corrected chi connectivity index (χ4v) is 5.37. The molecule has 1 nitrogen and oxygen atoms in total. The molecule has 3 heteroatoms. The van der Waals surface area contributed by atoms with E-state index in [4.69, 9.17) is 5.26 Å². The zero-order valence-corrected chi connectivity index (χ0v) is 16.9. The molecule has 1 aromatic carbocycles. The van der Waals surface area contributed by atoms with E-state index in [2.05, 4.69) is 0 Å². The smallest absolute Gasteiger partial charge is 0.141 e. The first-order chi connectivity index (χ1) is 13.7. The third-order valence-electron chi connectivity index (χ3n) is 7.17. The number of hydrogen-bond acceptors (Lipinski definition) is 1. The lowest BCUT2D eigenvalue weighted by Gasteiger charge is -2.37. The summed E-state index contributed by atoms with van der Waals surface area (Å²) in [5.74, 6) is 2.93. The number of nitriles is 1. The van der Waals surface area contributed by atoms with Crippen LogP contribution in [0.1, 0.15) is 75.3 Å². The van der Waals surface area contributed by atoms with Crippen LogP contribution < -0.4 is 0 Å². The van der Waals surface area contributed by atoms with Crippen molar-refractivity contribution in [2.45, 2.75) is 70.6 Å². The minimum Gasteiger partial charge on any atom is -0.247 e. The van der Waals surface area contributed by atoms with Gasteiger partial charge in [-0.15, -0.1) is 0 Å². The van der Waals surface area contributed by atoms with Gasteiger partial charge in [-0.3, -0.25) is 0 Å². The predicted octanol–water partition coefficient (Wildman–Crippen LogP) is 7.16. The molecule has 0 aromatic heterocycles. The molecule has 0 saturated heterocycles. The van der Waals surface area contributed by atoms with Crippen molar-refractivity contribution >= 4 is 0 Å². The van der Waals surface area contributed by atoms with Crippen molar-refractivity contribution < 1.29 is 8.78 Å². The molecule has 0 bridgehead atoms. The van der Waals surface area contributed by atoms with Gasteiger partial charge in [-0.05, 0) is 99.2 Å². The molecular formula is C25H33F2N. The molecule has 0 heterocycles. The Kier molecular flexibility index (Phi) is 8.07. The van der Waals surface area contributed by atoms with Gasteiger partial charge in [-0.1, -0.05) is 31.1 Å². The maximum atomic E-state index is 13.7. The van der Waals surface area contributed by atoms with E-state index in [9.17, 15) is 8.78 Å². The Morgan fingerprint density at radius 3 is 2.14 bits per heavy atom. The maximum absolute atomic E-state index is 13.7. The standard InChI is InChI=1S/C25H33F2N/c26-16-2-1-3-19-6-11-22(12-7-19)23-13-8-20(9-14-23)4-5-21-10-15-24(18-28)25(27)17-21/h1-2,10,15,17,19-20,22-23H,3-9,11-14,16H2/b2-1+. The first-order valence-corrected chi connectivity index (χ1v) is 11.1. The summed E-state index contributed by atoms with van der Waals surface area (Å²) in [6.07, 6.45) is 17.4. The quantitative estimate of drug-likeness (QED) is 0.457. The van der Waals surface area contributed by atoms with Crippen LogP contribution in [0.15, 0.2) is 30.4 Å². The van der Waals surface area contributed by atoms with Crippen LogP contribution in [0.25, 0.3) is 0 Å². The molecule has 0 atom stereocenters. The molecule has 152 valence electrons. The Morgan fingerprint density at radius 2 is 1.57 bits per heavy atom. The molecule has 2 aliphatic rings. The van der Waals surface area contributed by atoms with Gasteiger partial charge in [0.1, 0.15) is 18.6 Å². The zero-order chi connectivity index (χ0) is 19.8. The highest BCUT2D eigenvalue weighted by molar-refractivity contribution is 5.33. The lowest BCUT2D eigenvalue weighted by Crippen LogP contribution is -2.26. The normalized spacial score (nSPS) is 28.3. The van der Waals surface area contributed by atoms with Crippen LogP contribution in [-0.2, 0) is 6.42 Å². The average molecular weight is 386 g/mol.